The lowest BCUT2D eigenvalue weighted by molar-refractivity contribution is -0.121. The van der Waals surface area contributed by atoms with Crippen molar-refractivity contribution in [2.24, 2.45) is 0 Å². The molecule has 0 atom stereocenters. The lowest BCUT2D eigenvalue weighted by atomic mass is 10.2. The number of carbonyl (C=O) groups is 1. The summed E-state index contributed by atoms with van der Waals surface area (Å²) in [6, 6.07) is 11.8. The van der Waals surface area contributed by atoms with E-state index in [-0.39, 0.29) is 23.8 Å². The van der Waals surface area contributed by atoms with Gasteiger partial charge in [-0.15, -0.1) is 0 Å². The van der Waals surface area contributed by atoms with Gasteiger partial charge in [-0.2, -0.15) is 0 Å². The lowest BCUT2D eigenvalue weighted by Crippen LogP contribution is -2.30. The number of halogens is 1. The molecule has 0 fully saturated rings. The Morgan fingerprint density at radius 2 is 1.88 bits per heavy atom. The summed E-state index contributed by atoms with van der Waals surface area (Å²) in [5, 5.41) is 2.72. The normalized spacial score (nSPS) is 11.2. The minimum atomic E-state index is -3.76. The van der Waals surface area contributed by atoms with E-state index in [0.29, 0.717) is 13.2 Å². The maximum absolute atomic E-state index is 12.8. The van der Waals surface area contributed by atoms with Crippen LogP contribution in [-0.2, 0) is 21.4 Å². The Hall–Kier alpha value is -2.45. The second kappa shape index (κ2) is 9.30. The van der Waals surface area contributed by atoms with Gasteiger partial charge in [-0.05, 0) is 48.9 Å². The molecular weight excluding hydrogens is 359 g/mol. The van der Waals surface area contributed by atoms with Gasteiger partial charge in [-0.1, -0.05) is 12.1 Å². The van der Waals surface area contributed by atoms with E-state index in [2.05, 4.69) is 10.0 Å². The average molecular weight is 380 g/mol. The molecule has 2 rings (SSSR count). The Balaban J connectivity index is 1.78. The smallest absolute Gasteiger partial charge is 0.240 e. The molecular formula is C18H21FN2O4S. The summed E-state index contributed by atoms with van der Waals surface area (Å²) in [7, 11) is -3.76. The summed E-state index contributed by atoms with van der Waals surface area (Å²) in [4.78, 5) is 11.8. The molecule has 0 saturated heterocycles. The summed E-state index contributed by atoms with van der Waals surface area (Å²) in [5.74, 6) is -0.0725. The quantitative estimate of drug-likeness (QED) is 0.699. The number of amides is 1. The maximum Gasteiger partial charge on any atom is 0.240 e. The first-order valence-corrected chi connectivity index (χ1v) is 9.62. The molecule has 0 bridgehead atoms. The fourth-order valence-corrected chi connectivity index (χ4v) is 3.23. The minimum absolute atomic E-state index is 0.00836. The Kier molecular flexibility index (Phi) is 7.11. The topological polar surface area (TPSA) is 84.5 Å². The van der Waals surface area contributed by atoms with Gasteiger partial charge in [0.25, 0.3) is 0 Å². The number of hydrogen-bond donors (Lipinski definition) is 2. The molecule has 8 heteroatoms. The van der Waals surface area contributed by atoms with Crippen LogP contribution in [0.5, 0.6) is 5.75 Å². The van der Waals surface area contributed by atoms with Gasteiger partial charge in [0.2, 0.25) is 15.9 Å². The van der Waals surface area contributed by atoms with Crippen molar-refractivity contribution in [3.05, 3.63) is 59.9 Å². The second-order valence-corrected chi connectivity index (χ2v) is 7.23. The summed E-state index contributed by atoms with van der Waals surface area (Å²) in [5.41, 5.74) is 0.885. The standard InChI is InChI=1S/C18H21FN2O4S/c1-2-25-16-5-3-4-14(12-16)13-20-18(22)10-11-21-26(23,24)17-8-6-15(19)7-9-17/h3-9,12,21H,2,10-11,13H2,1H3,(H,20,22). The Morgan fingerprint density at radius 1 is 1.15 bits per heavy atom. The molecule has 0 aliphatic heterocycles. The van der Waals surface area contributed by atoms with Crippen LogP contribution < -0.4 is 14.8 Å². The number of sulfonamides is 1. The summed E-state index contributed by atoms with van der Waals surface area (Å²) in [6.07, 6.45) is -0.00836. The predicted octanol–water partition coefficient (Wildman–Crippen LogP) is 2.21. The van der Waals surface area contributed by atoms with Crippen molar-refractivity contribution in [1.82, 2.24) is 10.0 Å². The van der Waals surface area contributed by atoms with E-state index in [4.69, 9.17) is 4.74 Å². The monoisotopic (exact) mass is 380 g/mol. The molecule has 0 radical (unpaired) electrons. The molecule has 6 nitrogen and oxygen atoms in total. The number of ether oxygens (including phenoxy) is 1. The average Bonchev–Trinajstić information content (AvgIpc) is 2.61. The van der Waals surface area contributed by atoms with Crippen molar-refractivity contribution >= 4 is 15.9 Å². The number of hydrogen-bond acceptors (Lipinski definition) is 4. The van der Waals surface area contributed by atoms with Crippen LogP contribution in [0, 0.1) is 5.82 Å². The molecule has 0 aliphatic carbocycles. The largest absolute Gasteiger partial charge is 0.494 e. The summed E-state index contributed by atoms with van der Waals surface area (Å²) in [6.45, 7) is 2.72. The highest BCUT2D eigenvalue weighted by atomic mass is 32.2. The van der Waals surface area contributed by atoms with Crippen LogP contribution in [0.1, 0.15) is 18.9 Å². The second-order valence-electron chi connectivity index (χ2n) is 5.46. The molecule has 0 aliphatic rings. The summed E-state index contributed by atoms with van der Waals surface area (Å²) < 4.78 is 44.6. The molecule has 26 heavy (non-hydrogen) atoms. The van der Waals surface area contributed by atoms with Gasteiger partial charge < -0.3 is 10.1 Å². The lowest BCUT2D eigenvalue weighted by Gasteiger charge is -2.09. The third-order valence-electron chi connectivity index (χ3n) is 3.47. The van der Waals surface area contributed by atoms with E-state index >= 15 is 0 Å². The summed E-state index contributed by atoms with van der Waals surface area (Å²) >= 11 is 0. The Labute approximate surface area is 152 Å². The minimum Gasteiger partial charge on any atom is -0.494 e. The van der Waals surface area contributed by atoms with Gasteiger partial charge >= 0.3 is 0 Å². The number of nitrogens with one attached hydrogen (secondary N) is 2. The zero-order valence-electron chi connectivity index (χ0n) is 14.4. The molecule has 2 aromatic carbocycles. The van der Waals surface area contributed by atoms with Crippen molar-refractivity contribution in [1.29, 1.82) is 0 Å². The number of rotatable bonds is 9. The Bertz CT molecular complexity index is 839. The molecule has 2 aromatic rings. The molecule has 0 spiro atoms. The third kappa shape index (κ3) is 6.12. The highest BCUT2D eigenvalue weighted by molar-refractivity contribution is 7.89. The third-order valence-corrected chi connectivity index (χ3v) is 4.94. The molecule has 2 N–H and O–H groups in total. The fraction of sp³-hybridized carbons (Fsp3) is 0.278. The fourth-order valence-electron chi connectivity index (χ4n) is 2.20. The van der Waals surface area contributed by atoms with E-state index in [9.17, 15) is 17.6 Å². The van der Waals surface area contributed by atoms with Crippen LogP contribution in [0.4, 0.5) is 4.39 Å². The molecule has 0 unspecified atom stereocenters. The van der Waals surface area contributed by atoms with Crippen molar-refractivity contribution in [3.8, 4) is 5.75 Å². The van der Waals surface area contributed by atoms with Crippen molar-refractivity contribution in [3.63, 3.8) is 0 Å². The van der Waals surface area contributed by atoms with Gasteiger partial charge in [0.1, 0.15) is 11.6 Å². The van der Waals surface area contributed by atoms with E-state index in [1.165, 1.54) is 12.1 Å². The van der Waals surface area contributed by atoms with Crippen molar-refractivity contribution in [2.75, 3.05) is 13.2 Å². The van der Waals surface area contributed by atoms with Crippen LogP contribution >= 0.6 is 0 Å². The van der Waals surface area contributed by atoms with Crippen LogP contribution in [-0.4, -0.2) is 27.5 Å². The van der Waals surface area contributed by atoms with E-state index in [1.807, 2.05) is 31.2 Å². The van der Waals surface area contributed by atoms with Crippen LogP contribution in [0.15, 0.2) is 53.4 Å². The van der Waals surface area contributed by atoms with Crippen molar-refractivity contribution < 1.29 is 22.3 Å². The van der Waals surface area contributed by atoms with E-state index in [1.54, 1.807) is 0 Å². The Morgan fingerprint density at radius 3 is 2.58 bits per heavy atom. The number of carbonyl (C=O) groups excluding carboxylic acids is 1. The van der Waals surface area contributed by atoms with Crippen LogP contribution in [0.25, 0.3) is 0 Å². The first kappa shape index (κ1) is 19.9. The maximum atomic E-state index is 12.8. The van der Waals surface area contributed by atoms with Gasteiger partial charge in [0, 0.05) is 19.5 Å². The molecule has 140 valence electrons. The highest BCUT2D eigenvalue weighted by Gasteiger charge is 2.14. The van der Waals surface area contributed by atoms with Gasteiger partial charge in [-0.3, -0.25) is 4.79 Å². The van der Waals surface area contributed by atoms with E-state index < -0.39 is 15.8 Å². The first-order chi connectivity index (χ1) is 12.4. The molecule has 0 heterocycles. The molecule has 1 amide bonds. The van der Waals surface area contributed by atoms with Crippen molar-refractivity contribution in [2.45, 2.75) is 24.8 Å². The van der Waals surface area contributed by atoms with Crippen LogP contribution in [0.3, 0.4) is 0 Å². The highest BCUT2D eigenvalue weighted by Crippen LogP contribution is 2.13. The number of benzene rings is 2. The van der Waals surface area contributed by atoms with Gasteiger partial charge in [-0.25, -0.2) is 17.5 Å². The zero-order chi connectivity index (χ0) is 19.0. The van der Waals surface area contributed by atoms with Gasteiger partial charge in [0.05, 0.1) is 11.5 Å². The zero-order valence-corrected chi connectivity index (χ0v) is 15.2. The van der Waals surface area contributed by atoms with E-state index in [0.717, 1.165) is 23.4 Å². The molecule has 0 saturated carbocycles. The SMILES string of the molecule is CCOc1cccc(CNC(=O)CCNS(=O)(=O)c2ccc(F)cc2)c1. The molecule has 0 aromatic heterocycles. The van der Waals surface area contributed by atoms with Gasteiger partial charge in [0.15, 0.2) is 0 Å². The van der Waals surface area contributed by atoms with Crippen LogP contribution in [0.2, 0.25) is 0 Å². The first-order valence-electron chi connectivity index (χ1n) is 8.14. The predicted molar refractivity (Wildman–Crippen MR) is 95.7 cm³/mol.